The number of nitrogens with one attached hydrogen (secondary N) is 3. The molecule has 0 radical (unpaired) electrons. The first-order valence-electron chi connectivity index (χ1n) is 10.6. The van der Waals surface area contributed by atoms with Gasteiger partial charge >= 0.3 is 0 Å². The van der Waals surface area contributed by atoms with Crippen molar-refractivity contribution in [2.75, 3.05) is 24.9 Å². The van der Waals surface area contributed by atoms with Crippen LogP contribution in [0.4, 0.5) is 17.3 Å². The number of rotatable bonds is 6. The predicted octanol–water partition coefficient (Wildman–Crippen LogP) is 4.46. The monoisotopic (exact) mass is 446 g/mol. The summed E-state index contributed by atoms with van der Waals surface area (Å²) >= 11 is 0. The maximum absolute atomic E-state index is 11.4. The average molecular weight is 447 g/mol. The van der Waals surface area contributed by atoms with Gasteiger partial charge in [-0.25, -0.2) is 9.97 Å². The number of methoxy groups -OCH3 is 2. The molecule has 170 valence electrons. The Morgan fingerprint density at radius 3 is 2.48 bits per heavy atom. The van der Waals surface area contributed by atoms with Gasteiger partial charge in [0.2, 0.25) is 5.91 Å². The van der Waals surface area contributed by atoms with E-state index in [1.54, 1.807) is 20.4 Å². The number of hydrogen-bond acceptors (Lipinski definition) is 7. The van der Waals surface area contributed by atoms with Crippen molar-refractivity contribution in [3.63, 3.8) is 0 Å². The molecule has 0 aliphatic heterocycles. The van der Waals surface area contributed by atoms with Crippen molar-refractivity contribution in [2.24, 2.45) is 5.92 Å². The number of anilines is 3. The van der Waals surface area contributed by atoms with Gasteiger partial charge in [0.1, 0.15) is 5.75 Å². The maximum atomic E-state index is 11.4. The van der Waals surface area contributed by atoms with E-state index in [0.717, 1.165) is 40.9 Å². The second-order valence-corrected chi connectivity index (χ2v) is 7.60. The molecule has 4 aromatic rings. The third kappa shape index (κ3) is 5.57. The largest absolute Gasteiger partial charge is 0.497 e. The van der Waals surface area contributed by atoms with Gasteiger partial charge in [-0.1, -0.05) is 12.1 Å². The third-order valence-corrected chi connectivity index (χ3v) is 5.07. The standard InChI is InChI=1S/C13H13N5O.C11H13NO2/c1-8-7-14-13(19-2)12(15-8)16-11-9-5-3-4-6-10(9)17-18-11;1-14-10-6-4-9(5-7-10)12-11(13)8-2-3-8/h3-7H,1-2H3,(H2,15,16,17,18);4-8H,2-3H2,1H3,(H,12,13). The number of H-pyrrole nitrogens is 1. The van der Waals surface area contributed by atoms with Crippen molar-refractivity contribution in [2.45, 2.75) is 19.8 Å². The molecule has 1 saturated carbocycles. The van der Waals surface area contributed by atoms with Gasteiger partial charge in [-0.15, -0.1) is 0 Å². The fourth-order valence-corrected chi connectivity index (χ4v) is 3.13. The molecule has 1 aliphatic rings. The van der Waals surface area contributed by atoms with Crippen LogP contribution in [0.2, 0.25) is 0 Å². The Labute approximate surface area is 191 Å². The van der Waals surface area contributed by atoms with Crippen molar-refractivity contribution in [1.29, 1.82) is 0 Å². The first kappa shape index (κ1) is 22.1. The van der Waals surface area contributed by atoms with Crippen LogP contribution in [-0.2, 0) is 4.79 Å². The second-order valence-electron chi connectivity index (χ2n) is 7.60. The lowest BCUT2D eigenvalue weighted by Crippen LogP contribution is -2.12. The van der Waals surface area contributed by atoms with Crippen molar-refractivity contribution < 1.29 is 14.3 Å². The van der Waals surface area contributed by atoms with Crippen molar-refractivity contribution >= 4 is 34.1 Å². The Bertz CT molecular complexity index is 1230. The van der Waals surface area contributed by atoms with Crippen LogP contribution in [-0.4, -0.2) is 40.3 Å². The number of fused-ring (bicyclic) bond motifs is 1. The molecule has 0 spiro atoms. The van der Waals surface area contributed by atoms with Crippen LogP contribution in [0.5, 0.6) is 11.6 Å². The molecule has 0 bridgehead atoms. The van der Waals surface area contributed by atoms with E-state index in [0.29, 0.717) is 17.5 Å². The van der Waals surface area contributed by atoms with Crippen molar-refractivity contribution in [3.05, 3.63) is 60.4 Å². The van der Waals surface area contributed by atoms with Crippen LogP contribution >= 0.6 is 0 Å². The van der Waals surface area contributed by atoms with E-state index in [4.69, 9.17) is 9.47 Å². The topological polar surface area (TPSA) is 114 Å². The van der Waals surface area contributed by atoms with E-state index in [1.807, 2.05) is 55.5 Å². The van der Waals surface area contributed by atoms with Gasteiger partial charge in [0, 0.05) is 17.0 Å². The Kier molecular flexibility index (Phi) is 6.68. The van der Waals surface area contributed by atoms with Crippen LogP contribution in [0.3, 0.4) is 0 Å². The van der Waals surface area contributed by atoms with Gasteiger partial charge in [-0.3, -0.25) is 9.89 Å². The number of nitrogens with zero attached hydrogens (tertiary/aromatic N) is 3. The number of hydrogen-bond donors (Lipinski definition) is 3. The minimum atomic E-state index is 0.134. The van der Waals surface area contributed by atoms with Gasteiger partial charge in [0.25, 0.3) is 5.88 Å². The molecule has 1 fully saturated rings. The van der Waals surface area contributed by atoms with E-state index in [9.17, 15) is 4.79 Å². The summed E-state index contributed by atoms with van der Waals surface area (Å²) in [6.07, 6.45) is 3.72. The number of para-hydroxylation sites is 1. The zero-order chi connectivity index (χ0) is 23.2. The number of aromatic nitrogens is 4. The van der Waals surface area contributed by atoms with Crippen molar-refractivity contribution in [1.82, 2.24) is 20.2 Å². The zero-order valence-corrected chi connectivity index (χ0v) is 18.8. The molecule has 33 heavy (non-hydrogen) atoms. The minimum absolute atomic E-state index is 0.134. The number of carbonyl (C=O) groups excluding carboxylic acids is 1. The van der Waals surface area contributed by atoms with E-state index in [1.165, 1.54) is 0 Å². The van der Waals surface area contributed by atoms with Crippen LogP contribution in [0, 0.1) is 12.8 Å². The molecule has 1 aliphatic carbocycles. The molecule has 2 aromatic heterocycles. The number of aryl methyl sites for hydroxylation is 1. The summed E-state index contributed by atoms with van der Waals surface area (Å²) < 4.78 is 10.2. The highest BCUT2D eigenvalue weighted by Crippen LogP contribution is 2.30. The van der Waals surface area contributed by atoms with Gasteiger partial charge in [0.15, 0.2) is 11.6 Å². The SMILES string of the molecule is COc1ccc(NC(=O)C2CC2)cc1.COc1ncc(C)nc1Nc1n[nH]c2ccccc12. The Morgan fingerprint density at radius 1 is 1.03 bits per heavy atom. The Hall–Kier alpha value is -4.14. The smallest absolute Gasteiger partial charge is 0.257 e. The summed E-state index contributed by atoms with van der Waals surface area (Å²) in [5.41, 5.74) is 2.61. The highest BCUT2D eigenvalue weighted by molar-refractivity contribution is 5.94. The van der Waals surface area contributed by atoms with Gasteiger partial charge in [0.05, 0.1) is 31.6 Å². The molecule has 0 saturated heterocycles. The van der Waals surface area contributed by atoms with Crippen molar-refractivity contribution in [3.8, 4) is 11.6 Å². The van der Waals surface area contributed by atoms with Gasteiger partial charge in [-0.2, -0.15) is 5.10 Å². The fraction of sp³-hybridized carbons (Fsp3) is 0.250. The second kappa shape index (κ2) is 9.99. The zero-order valence-electron chi connectivity index (χ0n) is 18.8. The van der Waals surface area contributed by atoms with Crippen LogP contribution in [0.1, 0.15) is 18.5 Å². The lowest BCUT2D eigenvalue weighted by molar-refractivity contribution is -0.117. The molecular weight excluding hydrogens is 420 g/mol. The number of aromatic amines is 1. The molecular formula is C24H26N6O3. The maximum Gasteiger partial charge on any atom is 0.257 e. The lowest BCUT2D eigenvalue weighted by atomic mass is 10.2. The fourth-order valence-electron chi connectivity index (χ4n) is 3.13. The summed E-state index contributed by atoms with van der Waals surface area (Å²) in [7, 11) is 3.19. The number of carbonyl (C=O) groups is 1. The van der Waals surface area contributed by atoms with E-state index < -0.39 is 0 Å². The average Bonchev–Trinajstić information content (AvgIpc) is 3.62. The summed E-state index contributed by atoms with van der Waals surface area (Å²) in [5, 5.41) is 14.2. The number of amides is 1. The number of benzene rings is 2. The molecule has 3 N–H and O–H groups in total. The van der Waals surface area contributed by atoms with E-state index >= 15 is 0 Å². The first-order valence-corrected chi connectivity index (χ1v) is 10.6. The predicted molar refractivity (Wildman–Crippen MR) is 127 cm³/mol. The molecule has 2 aromatic carbocycles. The first-order chi connectivity index (χ1) is 16.1. The van der Waals surface area contributed by atoms with Crippen LogP contribution in [0.15, 0.2) is 54.7 Å². The lowest BCUT2D eigenvalue weighted by Gasteiger charge is -2.07. The minimum Gasteiger partial charge on any atom is -0.497 e. The molecule has 0 unspecified atom stereocenters. The molecule has 0 atom stereocenters. The summed E-state index contributed by atoms with van der Waals surface area (Å²) in [4.78, 5) is 19.9. The molecule has 9 heteroatoms. The van der Waals surface area contributed by atoms with E-state index in [2.05, 4.69) is 30.8 Å². The normalized spacial score (nSPS) is 12.5. The number of ether oxygens (including phenoxy) is 2. The van der Waals surface area contributed by atoms with E-state index in [-0.39, 0.29) is 11.8 Å². The Balaban J connectivity index is 0.000000165. The quantitative estimate of drug-likeness (QED) is 0.401. The van der Waals surface area contributed by atoms with Crippen LogP contribution in [0.25, 0.3) is 10.9 Å². The highest BCUT2D eigenvalue weighted by Gasteiger charge is 2.29. The molecule has 5 rings (SSSR count). The molecule has 1 amide bonds. The molecule has 9 nitrogen and oxygen atoms in total. The third-order valence-electron chi connectivity index (χ3n) is 5.07. The summed E-state index contributed by atoms with van der Waals surface area (Å²) in [6.45, 7) is 1.88. The summed E-state index contributed by atoms with van der Waals surface area (Å²) in [5.74, 6) is 2.88. The van der Waals surface area contributed by atoms with Gasteiger partial charge in [-0.05, 0) is 56.2 Å². The molecule has 2 heterocycles. The Morgan fingerprint density at radius 2 is 1.79 bits per heavy atom. The summed E-state index contributed by atoms with van der Waals surface area (Å²) in [6, 6.07) is 15.2. The van der Waals surface area contributed by atoms with Crippen LogP contribution < -0.4 is 20.1 Å². The highest BCUT2D eigenvalue weighted by atomic mass is 16.5. The van der Waals surface area contributed by atoms with Gasteiger partial charge < -0.3 is 20.1 Å².